The molecule has 0 spiro atoms. The van der Waals surface area contributed by atoms with E-state index in [0.717, 1.165) is 12.8 Å². The number of rotatable bonds is 4. The summed E-state index contributed by atoms with van der Waals surface area (Å²) in [7, 11) is 0. The molecule has 2 rings (SSSR count). The number of nitrogens with one attached hydrogen (secondary N) is 1. The molecule has 2 fully saturated rings. The maximum Gasteiger partial charge on any atom is 0.249 e. The van der Waals surface area contributed by atoms with Gasteiger partial charge in [-0.05, 0) is 41.9 Å². The van der Waals surface area contributed by atoms with Crippen LogP contribution in [0.2, 0.25) is 0 Å². The van der Waals surface area contributed by atoms with Gasteiger partial charge in [0.15, 0.2) is 0 Å². The van der Waals surface area contributed by atoms with E-state index < -0.39 is 6.10 Å². The number of aliphatic hydroxyl groups excluding tert-OH is 1. The van der Waals surface area contributed by atoms with Crippen molar-refractivity contribution in [1.82, 2.24) is 5.32 Å². The van der Waals surface area contributed by atoms with Crippen LogP contribution < -0.4 is 5.32 Å². The van der Waals surface area contributed by atoms with Gasteiger partial charge in [-0.2, -0.15) is 0 Å². The second-order valence-electron chi connectivity index (χ2n) is 7.50. The van der Waals surface area contributed by atoms with Crippen LogP contribution in [-0.2, 0) is 4.79 Å². The highest BCUT2D eigenvalue weighted by Gasteiger charge is 2.61. The molecule has 19 heavy (non-hydrogen) atoms. The van der Waals surface area contributed by atoms with Gasteiger partial charge in [0.05, 0.1) is 0 Å². The van der Waals surface area contributed by atoms with Crippen molar-refractivity contribution in [2.75, 3.05) is 0 Å². The topological polar surface area (TPSA) is 49.3 Å². The minimum Gasteiger partial charge on any atom is -0.383 e. The molecule has 2 bridgehead atoms. The maximum atomic E-state index is 12.2. The Morgan fingerprint density at radius 2 is 2.05 bits per heavy atom. The van der Waals surface area contributed by atoms with Crippen LogP contribution in [0.15, 0.2) is 0 Å². The van der Waals surface area contributed by atoms with Crippen LogP contribution in [0, 0.1) is 22.7 Å². The van der Waals surface area contributed by atoms with Crippen molar-refractivity contribution in [1.29, 1.82) is 0 Å². The molecular weight excluding hydrogens is 238 g/mol. The van der Waals surface area contributed by atoms with E-state index in [1.807, 2.05) is 13.8 Å². The molecule has 3 nitrogen and oxygen atoms in total. The van der Waals surface area contributed by atoms with E-state index in [2.05, 4.69) is 26.1 Å². The Labute approximate surface area is 117 Å². The highest BCUT2D eigenvalue weighted by Crippen LogP contribution is 2.65. The summed E-state index contributed by atoms with van der Waals surface area (Å²) < 4.78 is 0. The van der Waals surface area contributed by atoms with Gasteiger partial charge in [0, 0.05) is 6.04 Å². The predicted octanol–water partition coefficient (Wildman–Crippen LogP) is 2.72. The maximum absolute atomic E-state index is 12.2. The van der Waals surface area contributed by atoms with E-state index in [1.54, 1.807) is 0 Å². The van der Waals surface area contributed by atoms with Crippen LogP contribution in [0.5, 0.6) is 0 Å². The molecule has 110 valence electrons. The molecule has 0 aromatic carbocycles. The van der Waals surface area contributed by atoms with Crippen LogP contribution in [0.1, 0.15) is 60.3 Å². The van der Waals surface area contributed by atoms with Gasteiger partial charge < -0.3 is 10.4 Å². The average Bonchev–Trinajstić information content (AvgIpc) is 2.69. The number of aliphatic hydroxyl groups is 1. The Morgan fingerprint density at radius 3 is 2.47 bits per heavy atom. The zero-order valence-electron chi connectivity index (χ0n) is 13.0. The standard InChI is InChI=1S/C16H29NO2/c1-6-10(2)13(18)14(19)17-12-9-11-7-8-16(12,5)15(11,3)4/h10-13,18H,6-9H2,1-5H3,(H,17,19)/t10-,11+,12+,13-,16-/m0/s1. The van der Waals surface area contributed by atoms with Crippen molar-refractivity contribution in [3.05, 3.63) is 0 Å². The Balaban J connectivity index is 2.04. The summed E-state index contributed by atoms with van der Waals surface area (Å²) in [6, 6.07) is 0.229. The van der Waals surface area contributed by atoms with Crippen LogP contribution in [-0.4, -0.2) is 23.2 Å². The zero-order chi connectivity index (χ0) is 14.4. The number of hydrogen-bond donors (Lipinski definition) is 2. The minimum absolute atomic E-state index is 0.0272. The van der Waals surface area contributed by atoms with Crippen LogP contribution in [0.3, 0.4) is 0 Å². The summed E-state index contributed by atoms with van der Waals surface area (Å²) in [6.07, 6.45) is 3.50. The van der Waals surface area contributed by atoms with Crippen LogP contribution >= 0.6 is 0 Å². The summed E-state index contributed by atoms with van der Waals surface area (Å²) in [5.74, 6) is 0.562. The molecule has 2 aliphatic rings. The molecule has 2 aliphatic carbocycles. The van der Waals surface area contributed by atoms with Crippen molar-refractivity contribution < 1.29 is 9.90 Å². The lowest BCUT2D eigenvalue weighted by atomic mass is 9.69. The first-order valence-corrected chi connectivity index (χ1v) is 7.72. The van der Waals surface area contributed by atoms with E-state index in [1.165, 1.54) is 12.8 Å². The highest BCUT2D eigenvalue weighted by molar-refractivity contribution is 5.81. The van der Waals surface area contributed by atoms with E-state index in [0.29, 0.717) is 11.3 Å². The highest BCUT2D eigenvalue weighted by atomic mass is 16.3. The zero-order valence-corrected chi connectivity index (χ0v) is 13.0. The Bertz CT molecular complexity index is 366. The normalized spacial score (nSPS) is 39.1. The molecule has 0 aliphatic heterocycles. The lowest BCUT2D eigenvalue weighted by Crippen LogP contribution is -2.50. The molecular formula is C16H29NO2. The molecule has 3 heteroatoms. The number of hydrogen-bond acceptors (Lipinski definition) is 2. The first-order valence-electron chi connectivity index (χ1n) is 7.72. The third-order valence-corrected chi connectivity index (χ3v) is 6.56. The summed E-state index contributed by atoms with van der Waals surface area (Å²) in [6.45, 7) is 10.9. The molecule has 5 atom stereocenters. The smallest absolute Gasteiger partial charge is 0.249 e. The Morgan fingerprint density at radius 1 is 1.42 bits per heavy atom. The summed E-state index contributed by atoms with van der Waals surface area (Å²) >= 11 is 0. The molecule has 0 aromatic rings. The monoisotopic (exact) mass is 267 g/mol. The van der Waals surface area contributed by atoms with E-state index in [9.17, 15) is 9.90 Å². The minimum atomic E-state index is -0.865. The third kappa shape index (κ3) is 2.10. The van der Waals surface area contributed by atoms with Gasteiger partial charge in [-0.3, -0.25) is 4.79 Å². The summed E-state index contributed by atoms with van der Waals surface area (Å²) in [5.41, 5.74) is 0.481. The van der Waals surface area contributed by atoms with Gasteiger partial charge in [-0.25, -0.2) is 0 Å². The number of carbonyl (C=O) groups excluding carboxylic acids is 1. The first kappa shape index (κ1) is 14.8. The van der Waals surface area contributed by atoms with Crippen molar-refractivity contribution in [2.45, 2.75) is 72.4 Å². The molecule has 0 heterocycles. The fraction of sp³-hybridized carbons (Fsp3) is 0.938. The Kier molecular flexibility index (Phi) is 3.72. The number of fused-ring (bicyclic) bond motifs is 2. The summed E-state index contributed by atoms with van der Waals surface area (Å²) in [5, 5.41) is 13.2. The lowest BCUT2D eigenvalue weighted by molar-refractivity contribution is -0.133. The van der Waals surface area contributed by atoms with Gasteiger partial charge in [0.2, 0.25) is 5.91 Å². The fourth-order valence-corrected chi connectivity index (χ4v) is 4.16. The molecule has 2 saturated carbocycles. The molecule has 1 amide bonds. The van der Waals surface area contributed by atoms with Gasteiger partial charge in [-0.1, -0.05) is 41.0 Å². The van der Waals surface area contributed by atoms with Gasteiger partial charge in [0.1, 0.15) is 6.10 Å². The second-order valence-corrected chi connectivity index (χ2v) is 7.50. The van der Waals surface area contributed by atoms with Crippen molar-refractivity contribution >= 4 is 5.91 Å². The van der Waals surface area contributed by atoms with Gasteiger partial charge >= 0.3 is 0 Å². The first-order chi connectivity index (χ1) is 8.74. The Hall–Kier alpha value is -0.570. The second kappa shape index (κ2) is 4.76. The molecule has 0 aromatic heterocycles. The van der Waals surface area contributed by atoms with Gasteiger partial charge in [-0.15, -0.1) is 0 Å². The van der Waals surface area contributed by atoms with Crippen molar-refractivity contribution in [2.24, 2.45) is 22.7 Å². The van der Waals surface area contributed by atoms with E-state index >= 15 is 0 Å². The van der Waals surface area contributed by atoms with Gasteiger partial charge in [0.25, 0.3) is 0 Å². The third-order valence-electron chi connectivity index (χ3n) is 6.56. The summed E-state index contributed by atoms with van der Waals surface area (Å²) in [4.78, 5) is 12.2. The van der Waals surface area contributed by atoms with Crippen molar-refractivity contribution in [3.8, 4) is 0 Å². The number of amides is 1. The number of carbonyl (C=O) groups is 1. The molecule has 2 N–H and O–H groups in total. The van der Waals surface area contributed by atoms with Crippen molar-refractivity contribution in [3.63, 3.8) is 0 Å². The SMILES string of the molecule is CC[C@H](C)[C@H](O)C(=O)N[C@@H]1C[C@H]2CC[C@]1(C)C2(C)C. The average molecular weight is 267 g/mol. The quantitative estimate of drug-likeness (QED) is 0.823. The van der Waals surface area contributed by atoms with Crippen LogP contribution in [0.4, 0.5) is 0 Å². The van der Waals surface area contributed by atoms with E-state index in [4.69, 9.17) is 0 Å². The molecule has 0 unspecified atom stereocenters. The fourth-order valence-electron chi connectivity index (χ4n) is 4.16. The molecule has 0 saturated heterocycles. The largest absolute Gasteiger partial charge is 0.383 e. The van der Waals surface area contributed by atoms with Crippen LogP contribution in [0.25, 0.3) is 0 Å². The molecule has 0 radical (unpaired) electrons. The predicted molar refractivity (Wildman–Crippen MR) is 76.6 cm³/mol. The lowest BCUT2D eigenvalue weighted by Gasteiger charge is -2.39. The van der Waals surface area contributed by atoms with E-state index in [-0.39, 0.29) is 23.3 Å².